The molecule has 0 saturated carbocycles. The molecule has 0 spiro atoms. The zero-order valence-electron chi connectivity index (χ0n) is 67.9. The van der Waals surface area contributed by atoms with Gasteiger partial charge in [-0.3, -0.25) is 0 Å². The van der Waals surface area contributed by atoms with Crippen LogP contribution in [0.4, 0.5) is 0 Å². The van der Waals surface area contributed by atoms with E-state index < -0.39 is 0 Å². The smallest absolute Gasteiger partial charge is 0.238 e. The molecule has 0 fully saturated rings. The Morgan fingerprint density at radius 1 is 0.257 bits per heavy atom. The summed E-state index contributed by atoms with van der Waals surface area (Å²) in [5.74, 6) is 2.85. The summed E-state index contributed by atoms with van der Waals surface area (Å²) >= 11 is 0. The third-order valence-corrected chi connectivity index (χ3v) is 22.4. The second-order valence-corrected chi connectivity index (χ2v) is 31.3. The van der Waals surface area contributed by atoms with Gasteiger partial charge in [0, 0.05) is 66.2 Å². The first kappa shape index (κ1) is 73.9. The summed E-state index contributed by atoms with van der Waals surface area (Å²) in [5, 5.41) is 12.9. The van der Waals surface area contributed by atoms with Gasteiger partial charge in [-0.1, -0.05) is 206 Å². The number of nitrogens with zero attached hydrogens (tertiary/aromatic N) is 13. The van der Waals surface area contributed by atoms with Crippen molar-refractivity contribution in [3.05, 3.63) is 342 Å². The third-order valence-electron chi connectivity index (χ3n) is 22.4. The summed E-state index contributed by atoms with van der Waals surface area (Å²) in [4.78, 5) is 14.7. The average molecular weight is 1480 g/mol. The van der Waals surface area contributed by atoms with Crippen molar-refractivity contribution in [1.82, 2.24) is 37.8 Å². The van der Waals surface area contributed by atoms with Gasteiger partial charge >= 0.3 is 17.8 Å². The number of hydrogen-bond acceptors (Lipinski definition) is 3. The standard InChI is InChI=1S/C22H24N3.C20H20N3.C20H19N2.C19H18N3.C19H17N2/c1-15-9-8-11-17-16-10-6-7-12-18(16)25(20(15)17)21-23-19(22(2,3)4)13-14-24(21)5;1-13-8-7-10-17-16-9-5-6-11-18(16)23(19(13)17)20-21-15(3)14(2)12-22(20)4;1-14-8-4-6-10-17(14)22-18-11-7-5-9-16(18)19-15(2)12-13-21(3)20(19)22;1-13-7-6-9-16-15-8-4-5-10-17(15)22(18(13)16)19-20-14(2)11-12-21(19)3;1-14-8-3-5-11-17(14)21-18-12-6-4-9-15(18)16-10-7-13-20(2)19(16)21/h6-14H,1-5H3;5-12H,1-4H3;4-13H,1-3H3;4-12H,1-3H3;3-13H,1-2H3/q5*+1. The summed E-state index contributed by atoms with van der Waals surface area (Å²) in [7, 11) is 10.4. The second kappa shape index (κ2) is 29.9. The van der Waals surface area contributed by atoms with Crippen LogP contribution in [-0.2, 0) is 40.7 Å². The quantitative estimate of drug-likeness (QED) is 0.161. The maximum Gasteiger partial charge on any atom is 0.404 e. The molecule has 0 aliphatic carbocycles. The Morgan fingerprint density at radius 3 is 1.09 bits per heavy atom. The lowest BCUT2D eigenvalue weighted by Gasteiger charge is -2.15. The van der Waals surface area contributed by atoms with Gasteiger partial charge in [0.1, 0.15) is 72.6 Å². The van der Waals surface area contributed by atoms with Gasteiger partial charge in [-0.05, 0) is 168 Å². The van der Waals surface area contributed by atoms with Crippen LogP contribution in [0.1, 0.15) is 76.8 Å². The Labute approximate surface area is 660 Å². The van der Waals surface area contributed by atoms with Gasteiger partial charge in [0.2, 0.25) is 0 Å². The predicted molar refractivity (Wildman–Crippen MR) is 465 cm³/mol. The third kappa shape index (κ3) is 13.2. The molecule has 113 heavy (non-hydrogen) atoms. The zero-order valence-corrected chi connectivity index (χ0v) is 67.9. The molecule has 20 aromatic rings. The van der Waals surface area contributed by atoms with Gasteiger partial charge in [-0.2, -0.15) is 22.8 Å². The summed E-state index contributed by atoms with van der Waals surface area (Å²) in [6.07, 6.45) is 10.6. The predicted octanol–water partition coefficient (Wildman–Crippen LogP) is 20.3. The van der Waals surface area contributed by atoms with E-state index in [1.807, 2.05) is 20.0 Å². The van der Waals surface area contributed by atoms with E-state index in [2.05, 4.69) is 430 Å². The van der Waals surface area contributed by atoms with Gasteiger partial charge in [0.05, 0.1) is 77.0 Å². The Bertz CT molecular complexity index is 7110. The minimum Gasteiger partial charge on any atom is -0.238 e. The van der Waals surface area contributed by atoms with E-state index >= 15 is 0 Å². The summed E-state index contributed by atoms with van der Waals surface area (Å²) < 4.78 is 22.3. The van der Waals surface area contributed by atoms with Crippen LogP contribution in [0.2, 0.25) is 0 Å². The lowest BCUT2D eigenvalue weighted by molar-refractivity contribution is -0.668. The number of aromatic nitrogens is 13. The molecule has 0 N–H and O–H groups in total. The zero-order chi connectivity index (χ0) is 78.8. The first-order valence-corrected chi connectivity index (χ1v) is 39.0. The van der Waals surface area contributed by atoms with Crippen molar-refractivity contribution >= 4 is 109 Å². The Morgan fingerprint density at radius 2 is 0.611 bits per heavy atom. The molecule has 558 valence electrons. The number of aryl methyl sites for hydroxylation is 14. The maximum atomic E-state index is 5.05. The number of fused-ring (bicyclic) bond motifs is 15. The fourth-order valence-corrected chi connectivity index (χ4v) is 16.6. The van der Waals surface area contributed by atoms with Crippen molar-refractivity contribution in [2.45, 2.75) is 88.5 Å². The first-order valence-electron chi connectivity index (χ1n) is 39.0. The molecule has 20 rings (SSSR count). The van der Waals surface area contributed by atoms with E-state index in [4.69, 9.17) is 15.0 Å². The lowest BCUT2D eigenvalue weighted by Crippen LogP contribution is -2.36. The highest BCUT2D eigenvalue weighted by atomic mass is 15.2. The van der Waals surface area contributed by atoms with Crippen LogP contribution in [0.5, 0.6) is 0 Å². The lowest BCUT2D eigenvalue weighted by atomic mass is 9.92. The van der Waals surface area contributed by atoms with Gasteiger partial charge < -0.3 is 0 Å². The molecule has 0 atom stereocenters. The van der Waals surface area contributed by atoms with Crippen molar-refractivity contribution in [3.63, 3.8) is 0 Å². The van der Waals surface area contributed by atoms with E-state index in [1.54, 1.807) is 0 Å². The van der Waals surface area contributed by atoms with E-state index in [-0.39, 0.29) is 5.41 Å². The highest BCUT2D eigenvalue weighted by Gasteiger charge is 2.30. The Hall–Kier alpha value is -13.3. The maximum absolute atomic E-state index is 5.05. The van der Waals surface area contributed by atoms with Crippen molar-refractivity contribution in [3.8, 4) is 29.2 Å². The topological polar surface area (TPSA) is 82.7 Å². The average Bonchev–Trinajstić information content (AvgIpc) is 1.60. The number of pyridine rings is 2. The molecular formula is C100H98N13+5. The number of benzene rings is 10. The molecule has 0 amide bonds. The SMILES string of the molecule is Cc1c[n+](C)c(-n2c3ccccc3c3cccc(C)c32)nc1C.Cc1cc[n+](C)c(-n2c3ccccc3c3cccc(C)c32)n1.Cc1cccc2c3ccccc3n(-c3nc(C(C)(C)C)cc[n+]3C)c12.Cc1ccccc1-n1c2ccccc2c2c(C)cc[n+](C)c21.Cc1ccccc1-n1c2ccccc2c2ccc[n+](C)c21. The molecule has 10 aromatic carbocycles. The molecule has 0 bridgehead atoms. The highest BCUT2D eigenvalue weighted by molar-refractivity contribution is 6.13. The molecule has 0 aliphatic rings. The molecule has 0 aliphatic heterocycles. The van der Waals surface area contributed by atoms with Crippen LogP contribution in [-0.4, -0.2) is 37.8 Å². The van der Waals surface area contributed by atoms with Gasteiger partial charge in [-0.25, -0.2) is 22.8 Å². The van der Waals surface area contributed by atoms with E-state index in [9.17, 15) is 0 Å². The first-order chi connectivity index (χ1) is 54.6. The monoisotopic (exact) mass is 1480 g/mol. The number of para-hydroxylation sites is 10. The normalized spacial score (nSPS) is 11.6. The molecule has 13 nitrogen and oxygen atoms in total. The highest BCUT2D eigenvalue weighted by Crippen LogP contribution is 2.38. The van der Waals surface area contributed by atoms with E-state index in [0.29, 0.717) is 0 Å². The largest absolute Gasteiger partial charge is 0.404 e. The minimum atomic E-state index is 0.0107. The molecule has 0 unspecified atom stereocenters. The van der Waals surface area contributed by atoms with Crippen LogP contribution < -0.4 is 22.8 Å². The Kier molecular flexibility index (Phi) is 19.5. The molecule has 0 radical (unpaired) electrons. The molecule has 0 saturated heterocycles. The van der Waals surface area contributed by atoms with Crippen molar-refractivity contribution in [2.75, 3.05) is 0 Å². The molecule has 13 heteroatoms. The van der Waals surface area contributed by atoms with Crippen LogP contribution in [0.15, 0.2) is 286 Å². The van der Waals surface area contributed by atoms with Crippen molar-refractivity contribution < 1.29 is 22.8 Å². The van der Waals surface area contributed by atoms with Gasteiger partial charge in [-0.15, -0.1) is 0 Å². The van der Waals surface area contributed by atoms with E-state index in [0.717, 1.165) is 34.9 Å². The van der Waals surface area contributed by atoms with Crippen LogP contribution >= 0.6 is 0 Å². The fourth-order valence-electron chi connectivity index (χ4n) is 16.6. The van der Waals surface area contributed by atoms with E-state index in [1.165, 1.54) is 160 Å². The number of rotatable bonds is 5. The van der Waals surface area contributed by atoms with Crippen molar-refractivity contribution in [1.29, 1.82) is 0 Å². The fraction of sp³-hybridized carbons (Fsp3) is 0.180. The van der Waals surface area contributed by atoms with Gasteiger partial charge in [0.25, 0.3) is 11.3 Å². The molecule has 10 aromatic heterocycles. The van der Waals surface area contributed by atoms with Crippen LogP contribution in [0.3, 0.4) is 0 Å². The van der Waals surface area contributed by atoms with Crippen LogP contribution in [0, 0.1) is 62.3 Å². The molecule has 10 heterocycles. The Balaban J connectivity index is 0.000000107. The summed E-state index contributed by atoms with van der Waals surface area (Å²) in [6.45, 7) is 25.8. The summed E-state index contributed by atoms with van der Waals surface area (Å²) in [5.41, 5.74) is 26.8. The van der Waals surface area contributed by atoms with Crippen LogP contribution in [0.25, 0.3) is 139 Å². The molecular weight excluding hydrogens is 1380 g/mol. The minimum absolute atomic E-state index is 0.0107. The van der Waals surface area contributed by atoms with Gasteiger partial charge in [0.15, 0.2) is 0 Å². The van der Waals surface area contributed by atoms with Crippen molar-refractivity contribution in [2.24, 2.45) is 35.2 Å². The summed E-state index contributed by atoms with van der Waals surface area (Å²) in [6, 6.07) is 90.2. The number of hydrogen-bond donors (Lipinski definition) is 0. The second-order valence-electron chi connectivity index (χ2n) is 31.3.